The van der Waals surface area contributed by atoms with E-state index < -0.39 is 0 Å². The zero-order valence-electron chi connectivity index (χ0n) is 12.8. The fourth-order valence-corrected chi connectivity index (χ4v) is 2.64. The van der Waals surface area contributed by atoms with E-state index in [1.165, 1.54) is 12.0 Å². The predicted molar refractivity (Wildman–Crippen MR) is 86.0 cm³/mol. The lowest BCUT2D eigenvalue weighted by Gasteiger charge is -2.15. The smallest absolute Gasteiger partial charge is 0.0991 e. The van der Waals surface area contributed by atoms with Crippen LogP contribution in [0, 0.1) is 11.3 Å². The van der Waals surface area contributed by atoms with Crippen molar-refractivity contribution in [3.8, 4) is 6.07 Å². The van der Waals surface area contributed by atoms with Crippen molar-refractivity contribution < 1.29 is 0 Å². The second-order valence-electron chi connectivity index (χ2n) is 5.33. The molecule has 1 aromatic heterocycles. The third-order valence-corrected chi connectivity index (χ3v) is 3.62. The van der Waals surface area contributed by atoms with E-state index in [-0.39, 0.29) is 0 Å². The highest BCUT2D eigenvalue weighted by atomic mass is 15.0. The molecule has 21 heavy (non-hydrogen) atoms. The molecule has 1 unspecified atom stereocenters. The van der Waals surface area contributed by atoms with E-state index in [9.17, 15) is 0 Å². The van der Waals surface area contributed by atoms with Crippen LogP contribution in [0.25, 0.3) is 0 Å². The van der Waals surface area contributed by atoms with Gasteiger partial charge in [-0.25, -0.2) is 0 Å². The molecule has 1 aromatic carbocycles. The van der Waals surface area contributed by atoms with E-state index in [0.29, 0.717) is 6.04 Å². The number of nitrogens with zero attached hydrogens (tertiary/aromatic N) is 2. The van der Waals surface area contributed by atoms with Gasteiger partial charge in [0.05, 0.1) is 11.6 Å². The summed E-state index contributed by atoms with van der Waals surface area (Å²) in [5, 5.41) is 12.5. The van der Waals surface area contributed by atoms with E-state index in [4.69, 9.17) is 5.26 Å². The van der Waals surface area contributed by atoms with Crippen LogP contribution >= 0.6 is 0 Å². The van der Waals surface area contributed by atoms with Gasteiger partial charge >= 0.3 is 0 Å². The minimum atomic E-state index is 0.437. The zero-order chi connectivity index (χ0) is 15.1. The fraction of sp³-hybridized carbons (Fsp3) is 0.389. The molecule has 0 saturated carbocycles. The van der Waals surface area contributed by atoms with Crippen LogP contribution in [0.1, 0.15) is 49.4 Å². The monoisotopic (exact) mass is 281 g/mol. The quantitative estimate of drug-likeness (QED) is 0.837. The van der Waals surface area contributed by atoms with Crippen LogP contribution in [0.4, 0.5) is 0 Å². The highest BCUT2D eigenvalue weighted by molar-refractivity contribution is 5.33. The Labute approximate surface area is 127 Å². The molecule has 2 aromatic rings. The summed E-state index contributed by atoms with van der Waals surface area (Å²) < 4.78 is 2.19. The van der Waals surface area contributed by atoms with Crippen molar-refractivity contribution in [2.75, 3.05) is 6.54 Å². The fourth-order valence-electron chi connectivity index (χ4n) is 2.64. The number of hydrogen-bond acceptors (Lipinski definition) is 2. The molecule has 0 radical (unpaired) electrons. The third kappa shape index (κ3) is 4.21. The summed E-state index contributed by atoms with van der Waals surface area (Å²) in [4.78, 5) is 0. The summed E-state index contributed by atoms with van der Waals surface area (Å²) in [6.07, 6.45) is 6.66. The van der Waals surface area contributed by atoms with Crippen molar-refractivity contribution in [2.24, 2.45) is 0 Å². The molecule has 0 aliphatic rings. The third-order valence-electron chi connectivity index (χ3n) is 3.62. The van der Waals surface area contributed by atoms with E-state index in [2.05, 4.69) is 54.3 Å². The van der Waals surface area contributed by atoms with Crippen LogP contribution < -0.4 is 5.32 Å². The highest BCUT2D eigenvalue weighted by Crippen LogP contribution is 2.19. The molecule has 0 aliphatic carbocycles. The Bertz CT molecular complexity index is 601. The van der Waals surface area contributed by atoms with Gasteiger partial charge < -0.3 is 9.88 Å². The maximum Gasteiger partial charge on any atom is 0.0991 e. The van der Waals surface area contributed by atoms with Crippen LogP contribution in [0.3, 0.4) is 0 Å². The second kappa shape index (κ2) is 7.66. The Morgan fingerprint density at radius 2 is 2.14 bits per heavy atom. The van der Waals surface area contributed by atoms with E-state index in [1.807, 2.05) is 18.2 Å². The average Bonchev–Trinajstić information content (AvgIpc) is 2.95. The largest absolute Gasteiger partial charge is 0.350 e. The van der Waals surface area contributed by atoms with Crippen LogP contribution in [0.15, 0.2) is 42.7 Å². The Hall–Kier alpha value is -2.05. The molecule has 0 aliphatic heterocycles. The average molecular weight is 281 g/mol. The first-order valence-corrected chi connectivity index (χ1v) is 7.65. The number of rotatable bonds is 7. The molecule has 3 heteroatoms. The van der Waals surface area contributed by atoms with Gasteiger partial charge in [0.15, 0.2) is 0 Å². The summed E-state index contributed by atoms with van der Waals surface area (Å²) >= 11 is 0. The van der Waals surface area contributed by atoms with Crippen molar-refractivity contribution in [1.29, 1.82) is 5.26 Å². The van der Waals surface area contributed by atoms with Crippen LogP contribution in [0.5, 0.6) is 0 Å². The molecular weight excluding hydrogens is 258 g/mol. The van der Waals surface area contributed by atoms with E-state index in [1.54, 1.807) is 0 Å². The molecule has 110 valence electrons. The molecule has 1 heterocycles. The van der Waals surface area contributed by atoms with Crippen molar-refractivity contribution >= 4 is 0 Å². The van der Waals surface area contributed by atoms with Crippen molar-refractivity contribution in [3.63, 3.8) is 0 Å². The zero-order valence-corrected chi connectivity index (χ0v) is 12.8. The summed E-state index contributed by atoms with van der Waals surface area (Å²) in [6.45, 7) is 6.16. The summed E-state index contributed by atoms with van der Waals surface area (Å²) in [5.74, 6) is 0. The molecule has 0 fully saturated rings. The van der Waals surface area contributed by atoms with Crippen molar-refractivity contribution in [3.05, 3.63) is 59.4 Å². The molecule has 0 saturated heterocycles. The normalized spacial score (nSPS) is 12.0. The second-order valence-corrected chi connectivity index (χ2v) is 5.33. The number of benzene rings is 1. The number of hydrogen-bond donors (Lipinski definition) is 1. The SMILES string of the molecule is CCCC(NCC)c1ccn(Cc2cccc(C#N)c2)c1. The van der Waals surface area contributed by atoms with Gasteiger partial charge in [-0.1, -0.05) is 32.4 Å². The van der Waals surface area contributed by atoms with Crippen LogP contribution in [-0.4, -0.2) is 11.1 Å². The molecule has 0 amide bonds. The lowest BCUT2D eigenvalue weighted by molar-refractivity contribution is 0.508. The molecule has 1 atom stereocenters. The highest BCUT2D eigenvalue weighted by Gasteiger charge is 2.10. The predicted octanol–water partition coefficient (Wildman–Crippen LogP) is 3.86. The van der Waals surface area contributed by atoms with Gasteiger partial charge in [-0.2, -0.15) is 5.26 Å². The van der Waals surface area contributed by atoms with Gasteiger partial charge in [-0.15, -0.1) is 0 Å². The van der Waals surface area contributed by atoms with Gasteiger partial charge in [0.2, 0.25) is 0 Å². The first-order valence-electron chi connectivity index (χ1n) is 7.65. The lowest BCUT2D eigenvalue weighted by atomic mass is 10.1. The summed E-state index contributed by atoms with van der Waals surface area (Å²) in [6, 6.07) is 12.6. The van der Waals surface area contributed by atoms with Gasteiger partial charge in [0, 0.05) is 25.0 Å². The van der Waals surface area contributed by atoms with Gasteiger partial charge in [-0.3, -0.25) is 0 Å². The van der Waals surface area contributed by atoms with E-state index >= 15 is 0 Å². The summed E-state index contributed by atoms with van der Waals surface area (Å²) in [7, 11) is 0. The number of nitrogens with one attached hydrogen (secondary N) is 1. The summed E-state index contributed by atoms with van der Waals surface area (Å²) in [5.41, 5.74) is 3.22. The molecule has 1 N–H and O–H groups in total. The van der Waals surface area contributed by atoms with E-state index in [0.717, 1.165) is 30.6 Å². The van der Waals surface area contributed by atoms with Crippen LogP contribution in [-0.2, 0) is 6.54 Å². The van der Waals surface area contributed by atoms with Gasteiger partial charge in [-0.05, 0) is 42.3 Å². The van der Waals surface area contributed by atoms with Gasteiger partial charge in [0.25, 0.3) is 0 Å². The minimum absolute atomic E-state index is 0.437. The molecular formula is C18H23N3. The Morgan fingerprint density at radius 3 is 2.86 bits per heavy atom. The Balaban J connectivity index is 2.10. The minimum Gasteiger partial charge on any atom is -0.350 e. The maximum atomic E-state index is 8.96. The Kier molecular flexibility index (Phi) is 5.59. The molecule has 3 nitrogen and oxygen atoms in total. The molecule has 0 bridgehead atoms. The molecule has 0 spiro atoms. The van der Waals surface area contributed by atoms with Gasteiger partial charge in [0.1, 0.15) is 0 Å². The lowest BCUT2D eigenvalue weighted by Crippen LogP contribution is -2.20. The first-order chi connectivity index (χ1) is 10.3. The van der Waals surface area contributed by atoms with Crippen LogP contribution in [0.2, 0.25) is 0 Å². The standard InChI is InChI=1S/C18H23N3/c1-3-6-18(20-4-2)17-9-10-21(14-17)13-16-8-5-7-15(11-16)12-19/h5,7-11,14,18,20H,3-4,6,13H2,1-2H3. The Morgan fingerprint density at radius 1 is 1.29 bits per heavy atom. The first kappa shape index (κ1) is 15.3. The number of nitriles is 1. The topological polar surface area (TPSA) is 40.8 Å². The maximum absolute atomic E-state index is 8.96. The molecule has 2 rings (SSSR count). The number of aromatic nitrogens is 1. The van der Waals surface area contributed by atoms with Crippen molar-refractivity contribution in [2.45, 2.75) is 39.3 Å². The van der Waals surface area contributed by atoms with Crippen molar-refractivity contribution in [1.82, 2.24) is 9.88 Å².